The zero-order valence-corrected chi connectivity index (χ0v) is 24.1. The number of aromatic nitrogens is 1. The number of hydrogen-bond acceptors (Lipinski definition) is 8. The lowest BCUT2D eigenvalue weighted by Gasteiger charge is -2.33. The maximum atomic E-state index is 13.2. The molecule has 0 aliphatic rings. The van der Waals surface area contributed by atoms with Crippen LogP contribution in [0, 0.1) is 0 Å². The zero-order chi connectivity index (χ0) is 28.9. The van der Waals surface area contributed by atoms with E-state index in [0.29, 0.717) is 28.3 Å². The summed E-state index contributed by atoms with van der Waals surface area (Å²) >= 11 is 1.37. The topological polar surface area (TPSA) is 70.1 Å². The van der Waals surface area contributed by atoms with Crippen LogP contribution in [0.3, 0.4) is 0 Å². The number of carbonyl (C=O) groups is 1. The number of anilines is 2. The number of thiazole rings is 1. The van der Waals surface area contributed by atoms with E-state index in [1.807, 2.05) is 33.9 Å². The van der Waals surface area contributed by atoms with Gasteiger partial charge in [-0.05, 0) is 42.8 Å². The molecule has 0 amide bonds. The van der Waals surface area contributed by atoms with Crippen LogP contribution in [0.5, 0.6) is 17.2 Å². The normalized spacial score (nSPS) is 11.7. The van der Waals surface area contributed by atoms with Crippen molar-refractivity contribution in [2.75, 3.05) is 12.0 Å². The van der Waals surface area contributed by atoms with E-state index in [9.17, 15) is 22.4 Å². The Morgan fingerprint density at radius 2 is 1.72 bits per heavy atom. The van der Waals surface area contributed by atoms with E-state index < -0.39 is 45.1 Å². The summed E-state index contributed by atoms with van der Waals surface area (Å²) < 4.78 is 72.6. The number of methoxy groups -OCH3 is 1. The van der Waals surface area contributed by atoms with Crippen LogP contribution in [-0.2, 0) is 16.7 Å². The second kappa shape index (κ2) is 12.7. The molecule has 2 aromatic carbocycles. The van der Waals surface area contributed by atoms with E-state index in [4.69, 9.17) is 9.16 Å². The van der Waals surface area contributed by atoms with E-state index in [1.165, 1.54) is 30.6 Å². The van der Waals surface area contributed by atoms with E-state index in [2.05, 4.69) is 14.5 Å². The average Bonchev–Trinajstić information content (AvgIpc) is 3.35. The summed E-state index contributed by atoms with van der Waals surface area (Å²) in [5.41, 5.74) is 2.87. The van der Waals surface area contributed by atoms with Gasteiger partial charge in [0.25, 0.3) is 9.04 Å². The predicted octanol–water partition coefficient (Wildman–Crippen LogP) is 7.40. The number of nitrogens with zero attached hydrogens (tertiary/aromatic N) is 2. The molecule has 0 bridgehead atoms. The number of hydrogen-bond donors (Lipinski definition) is 0. The van der Waals surface area contributed by atoms with Gasteiger partial charge in [-0.15, -0.1) is 11.3 Å². The molecule has 7 nitrogen and oxygen atoms in total. The smallest absolute Gasteiger partial charge is 0.387 e. The molecule has 3 rings (SSSR count). The largest absolute Gasteiger partial charge is 0.541 e. The summed E-state index contributed by atoms with van der Waals surface area (Å²) in [6.45, 7) is 3.38. The highest BCUT2D eigenvalue weighted by molar-refractivity contribution is 7.09. The first-order chi connectivity index (χ1) is 18.3. The molecule has 1 aromatic heterocycles. The standard InChI is InChI=1S/C26H29F4N2O5SSi/c1-26(2,3)21-17(23(33)34-4)8-9-18(22(21)37-39(5)6)32(13-16-12-31-14-38-16)15-7-10-19(35-24(27)28)20(11-15)36-25(29)30/h7-12,14,24-25H,13H2,1-6H3. The highest BCUT2D eigenvalue weighted by Crippen LogP contribution is 2.46. The Morgan fingerprint density at radius 3 is 2.26 bits per heavy atom. The van der Waals surface area contributed by atoms with E-state index in [-0.39, 0.29) is 6.54 Å². The van der Waals surface area contributed by atoms with Crippen molar-refractivity contribution in [1.29, 1.82) is 0 Å². The van der Waals surface area contributed by atoms with Crippen molar-refractivity contribution in [2.45, 2.75) is 59.0 Å². The number of halogens is 4. The van der Waals surface area contributed by atoms with Gasteiger partial charge in [0.15, 0.2) is 11.5 Å². The van der Waals surface area contributed by atoms with Gasteiger partial charge in [-0.2, -0.15) is 17.6 Å². The number of esters is 1. The Labute approximate surface area is 230 Å². The minimum Gasteiger partial charge on any atom is -0.541 e. The summed E-state index contributed by atoms with van der Waals surface area (Å²) in [6.07, 6.45) is 1.66. The molecule has 0 saturated heterocycles. The monoisotopic (exact) mass is 585 g/mol. The van der Waals surface area contributed by atoms with Crippen LogP contribution in [-0.4, -0.2) is 40.3 Å². The number of rotatable bonds is 11. The first-order valence-corrected chi connectivity index (χ1v) is 15.0. The van der Waals surface area contributed by atoms with Gasteiger partial charge in [-0.1, -0.05) is 20.8 Å². The van der Waals surface area contributed by atoms with Gasteiger partial charge >= 0.3 is 19.2 Å². The van der Waals surface area contributed by atoms with Gasteiger partial charge in [0, 0.05) is 28.4 Å². The van der Waals surface area contributed by atoms with Crippen LogP contribution in [0.1, 0.15) is 41.6 Å². The van der Waals surface area contributed by atoms with Crippen molar-refractivity contribution in [1.82, 2.24) is 4.98 Å². The summed E-state index contributed by atoms with van der Waals surface area (Å²) in [4.78, 5) is 19.4. The molecule has 0 spiro atoms. The fraction of sp³-hybridized carbons (Fsp3) is 0.385. The Hall–Kier alpha value is -3.32. The fourth-order valence-electron chi connectivity index (χ4n) is 3.95. The first-order valence-electron chi connectivity index (χ1n) is 11.7. The number of ether oxygens (including phenoxy) is 3. The number of carbonyl (C=O) groups excluding carboxylic acids is 1. The Morgan fingerprint density at radius 1 is 1.05 bits per heavy atom. The molecular weight excluding hydrogens is 556 g/mol. The van der Waals surface area contributed by atoms with Crippen molar-refractivity contribution in [3.05, 3.63) is 58.0 Å². The molecule has 1 heterocycles. The lowest BCUT2D eigenvalue weighted by Crippen LogP contribution is -2.25. The highest BCUT2D eigenvalue weighted by Gasteiger charge is 2.32. The summed E-state index contributed by atoms with van der Waals surface area (Å²) in [5, 5.41) is 0. The summed E-state index contributed by atoms with van der Waals surface area (Å²) in [6, 6.07) is 7.09. The van der Waals surface area contributed by atoms with Crippen LogP contribution in [0.15, 0.2) is 42.0 Å². The van der Waals surface area contributed by atoms with Gasteiger partial charge < -0.3 is 23.5 Å². The van der Waals surface area contributed by atoms with Crippen molar-refractivity contribution < 1.29 is 41.0 Å². The Kier molecular flexibility index (Phi) is 9.83. The molecule has 0 aliphatic heterocycles. The SMILES string of the molecule is COC(=O)c1ccc(N(Cc2cncs2)c2ccc(OC(F)F)c(OC(F)F)c2)c(O[Si](C)C)c1C(C)(C)C. The van der Waals surface area contributed by atoms with Gasteiger partial charge in [-0.3, -0.25) is 4.98 Å². The van der Waals surface area contributed by atoms with Crippen LogP contribution in [0.25, 0.3) is 0 Å². The summed E-state index contributed by atoms with van der Waals surface area (Å²) in [7, 11) is -0.0808. The minimum absolute atomic E-state index is 0.223. The molecule has 0 saturated carbocycles. The van der Waals surface area contributed by atoms with Crippen LogP contribution in [0.2, 0.25) is 13.1 Å². The zero-order valence-electron chi connectivity index (χ0n) is 22.3. The van der Waals surface area contributed by atoms with Crippen molar-refractivity contribution >= 4 is 37.7 Å². The van der Waals surface area contributed by atoms with Crippen molar-refractivity contribution in [2.24, 2.45) is 0 Å². The van der Waals surface area contributed by atoms with E-state index in [0.717, 1.165) is 10.9 Å². The molecule has 0 N–H and O–H groups in total. The molecule has 0 unspecified atom stereocenters. The van der Waals surface area contributed by atoms with Crippen LogP contribution in [0.4, 0.5) is 28.9 Å². The van der Waals surface area contributed by atoms with E-state index in [1.54, 1.807) is 28.7 Å². The van der Waals surface area contributed by atoms with Gasteiger partial charge in [-0.25, -0.2) is 4.79 Å². The summed E-state index contributed by atoms with van der Waals surface area (Å²) in [5.74, 6) is -1.20. The molecule has 0 fully saturated rings. The molecule has 3 aromatic rings. The maximum absolute atomic E-state index is 13.2. The minimum atomic E-state index is -3.27. The lowest BCUT2D eigenvalue weighted by atomic mass is 9.82. The first kappa shape index (κ1) is 30.2. The molecule has 0 atom stereocenters. The molecule has 1 radical (unpaired) electrons. The number of alkyl halides is 4. The van der Waals surface area contributed by atoms with Crippen molar-refractivity contribution in [3.63, 3.8) is 0 Å². The Balaban J connectivity index is 2.32. The lowest BCUT2D eigenvalue weighted by molar-refractivity contribution is -0.0692. The molecule has 211 valence electrons. The third kappa shape index (κ3) is 7.63. The highest BCUT2D eigenvalue weighted by atomic mass is 32.1. The van der Waals surface area contributed by atoms with Crippen LogP contribution < -0.4 is 18.8 Å². The second-order valence-corrected chi connectivity index (χ2v) is 12.5. The third-order valence-electron chi connectivity index (χ3n) is 5.36. The quantitative estimate of drug-likeness (QED) is 0.132. The molecule has 0 aliphatic carbocycles. The molecule has 39 heavy (non-hydrogen) atoms. The van der Waals surface area contributed by atoms with Gasteiger partial charge in [0.1, 0.15) is 5.75 Å². The van der Waals surface area contributed by atoms with Crippen LogP contribution >= 0.6 is 11.3 Å². The maximum Gasteiger partial charge on any atom is 0.387 e. The molecular formula is C26H29F4N2O5SSi. The Bertz CT molecular complexity index is 1270. The van der Waals surface area contributed by atoms with Crippen molar-refractivity contribution in [3.8, 4) is 17.2 Å². The predicted molar refractivity (Wildman–Crippen MR) is 142 cm³/mol. The van der Waals surface area contributed by atoms with Gasteiger partial charge in [0.05, 0.1) is 30.4 Å². The van der Waals surface area contributed by atoms with E-state index >= 15 is 0 Å². The average molecular weight is 586 g/mol. The number of benzene rings is 2. The molecule has 13 heteroatoms. The third-order valence-corrected chi connectivity index (χ3v) is 6.73. The fourth-order valence-corrected chi connectivity index (χ4v) is 5.15. The second-order valence-electron chi connectivity index (χ2n) is 9.53. The van der Waals surface area contributed by atoms with Gasteiger partial charge in [0.2, 0.25) is 0 Å².